The van der Waals surface area contributed by atoms with Crippen molar-refractivity contribution in [2.24, 2.45) is 0 Å². The zero-order valence-corrected chi connectivity index (χ0v) is 16.4. The van der Waals surface area contributed by atoms with Crippen molar-refractivity contribution in [2.45, 2.75) is 45.7 Å². The number of likely N-dealkylation sites (tertiary alicyclic amines) is 1. The van der Waals surface area contributed by atoms with E-state index < -0.39 is 0 Å². The van der Waals surface area contributed by atoms with Crippen LogP contribution in [0.15, 0.2) is 42.9 Å². The summed E-state index contributed by atoms with van der Waals surface area (Å²) >= 11 is 0. The molecule has 1 aliphatic rings. The largest absolute Gasteiger partial charge is 0.337 e. The average Bonchev–Trinajstić information content (AvgIpc) is 2.88. The second-order valence-corrected chi connectivity index (χ2v) is 7.51. The molecule has 0 unspecified atom stereocenters. The van der Waals surface area contributed by atoms with Crippen LogP contribution < -0.4 is 5.32 Å². The minimum Gasteiger partial charge on any atom is -0.337 e. The van der Waals surface area contributed by atoms with Crippen molar-refractivity contribution in [3.8, 4) is 0 Å². The van der Waals surface area contributed by atoms with E-state index >= 15 is 0 Å². The van der Waals surface area contributed by atoms with Crippen LogP contribution in [0.2, 0.25) is 0 Å². The molecule has 0 saturated carbocycles. The molecule has 0 spiro atoms. The van der Waals surface area contributed by atoms with Crippen molar-refractivity contribution in [1.82, 2.24) is 24.6 Å². The van der Waals surface area contributed by atoms with Crippen LogP contribution in [0.3, 0.4) is 0 Å². The van der Waals surface area contributed by atoms with Gasteiger partial charge in [0.05, 0.1) is 5.69 Å². The van der Waals surface area contributed by atoms with Crippen LogP contribution in [0, 0.1) is 6.92 Å². The van der Waals surface area contributed by atoms with E-state index in [9.17, 15) is 4.79 Å². The first-order valence-corrected chi connectivity index (χ1v) is 10.1. The number of hydrogen-bond donors (Lipinski definition) is 1. The number of aromatic nitrogens is 3. The summed E-state index contributed by atoms with van der Waals surface area (Å²) in [6.45, 7) is 4.98. The molecule has 0 aromatic carbocycles. The number of rotatable bonds is 5. The lowest BCUT2D eigenvalue weighted by Gasteiger charge is -2.19. The third-order valence-electron chi connectivity index (χ3n) is 5.32. The molecule has 1 N–H and O–H groups in total. The highest BCUT2D eigenvalue weighted by atomic mass is 16.2. The number of pyridine rings is 2. The van der Waals surface area contributed by atoms with Crippen molar-refractivity contribution >= 4 is 11.6 Å². The summed E-state index contributed by atoms with van der Waals surface area (Å²) in [6.07, 6.45) is 10.2. The van der Waals surface area contributed by atoms with Crippen LogP contribution in [0.25, 0.3) is 5.65 Å². The minimum atomic E-state index is 0.0569. The third kappa shape index (κ3) is 4.07. The van der Waals surface area contributed by atoms with Crippen molar-refractivity contribution in [3.63, 3.8) is 0 Å². The Labute approximate surface area is 165 Å². The van der Waals surface area contributed by atoms with Crippen molar-refractivity contribution in [2.75, 3.05) is 13.1 Å². The number of hydrogen-bond acceptors (Lipinski definition) is 4. The number of imidazole rings is 1. The zero-order chi connectivity index (χ0) is 19.3. The lowest BCUT2D eigenvalue weighted by atomic mass is 10.2. The van der Waals surface area contributed by atoms with Crippen molar-refractivity contribution in [1.29, 1.82) is 0 Å². The second kappa shape index (κ2) is 8.52. The summed E-state index contributed by atoms with van der Waals surface area (Å²) in [7, 11) is 0. The fourth-order valence-electron chi connectivity index (χ4n) is 3.79. The van der Waals surface area contributed by atoms with E-state index in [0.29, 0.717) is 18.8 Å². The molecular formula is C22H27N5O. The number of amides is 1. The molecule has 28 heavy (non-hydrogen) atoms. The van der Waals surface area contributed by atoms with Gasteiger partial charge in [-0.15, -0.1) is 0 Å². The predicted octanol–water partition coefficient (Wildman–Crippen LogP) is 3.34. The van der Waals surface area contributed by atoms with Gasteiger partial charge in [0, 0.05) is 44.8 Å². The van der Waals surface area contributed by atoms with E-state index in [2.05, 4.69) is 16.4 Å². The number of carbonyl (C=O) groups is 1. The molecule has 6 nitrogen and oxygen atoms in total. The SMILES string of the molecule is Cc1ccn2c(CNCc3cccnc3)c(C(=O)N3CCCCCC3)nc2c1. The quantitative estimate of drug-likeness (QED) is 0.741. The van der Waals surface area contributed by atoms with Gasteiger partial charge in [0.15, 0.2) is 5.69 Å². The first-order valence-electron chi connectivity index (χ1n) is 10.1. The summed E-state index contributed by atoms with van der Waals surface area (Å²) in [5.41, 5.74) is 4.59. The molecule has 1 amide bonds. The maximum atomic E-state index is 13.3. The van der Waals surface area contributed by atoms with Gasteiger partial charge in [-0.1, -0.05) is 18.9 Å². The van der Waals surface area contributed by atoms with E-state index in [1.165, 1.54) is 12.8 Å². The van der Waals surface area contributed by atoms with Crippen LogP contribution in [0.1, 0.15) is 53.0 Å². The van der Waals surface area contributed by atoms with Crippen LogP contribution in [0.4, 0.5) is 0 Å². The lowest BCUT2D eigenvalue weighted by Crippen LogP contribution is -2.33. The van der Waals surface area contributed by atoms with Crippen molar-refractivity contribution < 1.29 is 4.79 Å². The summed E-state index contributed by atoms with van der Waals surface area (Å²) in [6, 6.07) is 8.06. The highest BCUT2D eigenvalue weighted by Crippen LogP contribution is 2.19. The fourth-order valence-corrected chi connectivity index (χ4v) is 3.79. The molecule has 6 heteroatoms. The number of fused-ring (bicyclic) bond motifs is 1. The highest BCUT2D eigenvalue weighted by Gasteiger charge is 2.24. The van der Waals surface area contributed by atoms with Gasteiger partial charge >= 0.3 is 0 Å². The predicted molar refractivity (Wildman–Crippen MR) is 109 cm³/mol. The molecular weight excluding hydrogens is 350 g/mol. The Kier molecular flexibility index (Phi) is 5.67. The van der Waals surface area contributed by atoms with Crippen LogP contribution in [0.5, 0.6) is 0 Å². The molecule has 1 fully saturated rings. The number of aryl methyl sites for hydroxylation is 1. The fraction of sp³-hybridized carbons (Fsp3) is 0.409. The molecule has 0 bridgehead atoms. The topological polar surface area (TPSA) is 62.5 Å². The van der Waals surface area contributed by atoms with Gasteiger partial charge in [-0.2, -0.15) is 0 Å². The number of carbonyl (C=O) groups excluding carboxylic acids is 1. The molecule has 1 saturated heterocycles. The Balaban J connectivity index is 1.60. The molecule has 0 aliphatic carbocycles. The molecule has 0 atom stereocenters. The monoisotopic (exact) mass is 377 g/mol. The Bertz CT molecular complexity index is 942. The van der Waals surface area contributed by atoms with E-state index in [1.807, 2.05) is 46.8 Å². The average molecular weight is 377 g/mol. The number of nitrogens with one attached hydrogen (secondary N) is 1. The van der Waals surface area contributed by atoms with Gasteiger partial charge < -0.3 is 14.6 Å². The molecule has 0 radical (unpaired) electrons. The van der Waals surface area contributed by atoms with Gasteiger partial charge in [0.25, 0.3) is 5.91 Å². The standard InChI is InChI=1S/C22H27N5O/c1-17-8-12-27-19(16-24-15-18-7-6-9-23-14-18)21(25-20(27)13-17)22(28)26-10-4-2-3-5-11-26/h6-9,12-14,24H,2-5,10-11,15-16H2,1H3. The second-order valence-electron chi connectivity index (χ2n) is 7.51. The molecule has 146 valence electrons. The maximum absolute atomic E-state index is 13.3. The van der Waals surface area contributed by atoms with Crippen LogP contribution in [-0.4, -0.2) is 38.3 Å². The van der Waals surface area contributed by atoms with Gasteiger partial charge in [-0.3, -0.25) is 9.78 Å². The lowest BCUT2D eigenvalue weighted by molar-refractivity contribution is 0.0755. The summed E-state index contributed by atoms with van der Waals surface area (Å²) < 4.78 is 2.04. The summed E-state index contributed by atoms with van der Waals surface area (Å²) in [5, 5.41) is 3.45. The maximum Gasteiger partial charge on any atom is 0.274 e. The normalized spacial score (nSPS) is 15.0. The van der Waals surface area contributed by atoms with Gasteiger partial charge in [0.1, 0.15) is 5.65 Å². The van der Waals surface area contributed by atoms with Gasteiger partial charge in [0.2, 0.25) is 0 Å². The Morgan fingerprint density at radius 2 is 1.96 bits per heavy atom. The van der Waals surface area contributed by atoms with E-state index in [0.717, 1.165) is 48.4 Å². The smallest absolute Gasteiger partial charge is 0.274 e. The summed E-state index contributed by atoms with van der Waals surface area (Å²) in [5.74, 6) is 0.0569. The van der Waals surface area contributed by atoms with E-state index in [-0.39, 0.29) is 5.91 Å². The highest BCUT2D eigenvalue weighted by molar-refractivity contribution is 5.94. The Morgan fingerprint density at radius 1 is 1.14 bits per heavy atom. The van der Waals surface area contributed by atoms with Gasteiger partial charge in [-0.25, -0.2) is 4.98 Å². The zero-order valence-electron chi connectivity index (χ0n) is 16.4. The molecule has 3 aromatic heterocycles. The Hall–Kier alpha value is -2.73. The molecule has 4 rings (SSSR count). The summed E-state index contributed by atoms with van der Waals surface area (Å²) in [4.78, 5) is 24.1. The first-order chi connectivity index (χ1) is 13.7. The first kappa shape index (κ1) is 18.6. The minimum absolute atomic E-state index is 0.0569. The third-order valence-corrected chi connectivity index (χ3v) is 5.32. The van der Waals surface area contributed by atoms with Crippen LogP contribution in [-0.2, 0) is 13.1 Å². The van der Waals surface area contributed by atoms with E-state index in [1.54, 1.807) is 6.20 Å². The van der Waals surface area contributed by atoms with Crippen LogP contribution >= 0.6 is 0 Å². The Morgan fingerprint density at radius 3 is 2.71 bits per heavy atom. The van der Waals surface area contributed by atoms with Gasteiger partial charge in [-0.05, 0) is 49.1 Å². The molecule has 3 aromatic rings. The number of nitrogens with zero attached hydrogens (tertiary/aromatic N) is 4. The molecule has 1 aliphatic heterocycles. The molecule has 4 heterocycles. The van der Waals surface area contributed by atoms with Crippen molar-refractivity contribution in [3.05, 3.63) is 65.4 Å². The van der Waals surface area contributed by atoms with E-state index in [4.69, 9.17) is 4.98 Å².